The second-order valence-electron chi connectivity index (χ2n) is 3.99. The third-order valence-electron chi connectivity index (χ3n) is 2.73. The number of carbonyl (C=O) groups is 2. The Morgan fingerprint density at radius 2 is 2.25 bits per heavy atom. The van der Waals surface area contributed by atoms with Crippen LogP contribution in [0.25, 0.3) is 0 Å². The number of carbonyl (C=O) groups excluding carboxylic acids is 1. The molecule has 0 saturated carbocycles. The predicted octanol–water partition coefficient (Wildman–Crippen LogP) is 0.879. The van der Waals surface area contributed by atoms with Crippen LogP contribution < -0.4 is 0 Å². The van der Waals surface area contributed by atoms with Crippen LogP contribution in [0.3, 0.4) is 0 Å². The van der Waals surface area contributed by atoms with Crippen molar-refractivity contribution in [2.75, 3.05) is 19.8 Å². The maximum Gasteiger partial charge on any atom is 0.326 e. The van der Waals surface area contributed by atoms with Crippen molar-refractivity contribution in [2.45, 2.75) is 38.6 Å². The van der Waals surface area contributed by atoms with E-state index in [0.29, 0.717) is 19.6 Å². The van der Waals surface area contributed by atoms with Gasteiger partial charge in [0.25, 0.3) is 0 Å². The van der Waals surface area contributed by atoms with Crippen LogP contribution in [0.4, 0.5) is 0 Å². The number of hydrogen-bond donors (Lipinski definition) is 1. The third kappa shape index (κ3) is 3.48. The van der Waals surface area contributed by atoms with Gasteiger partial charge >= 0.3 is 5.97 Å². The highest BCUT2D eigenvalue weighted by molar-refractivity contribution is 5.84. The van der Waals surface area contributed by atoms with Crippen molar-refractivity contribution in [3.8, 4) is 0 Å². The molecule has 0 aromatic carbocycles. The maximum atomic E-state index is 11.7. The minimum atomic E-state index is -0.917. The molecule has 1 rings (SSSR count). The summed E-state index contributed by atoms with van der Waals surface area (Å²) in [7, 11) is 0. The molecule has 0 aromatic heterocycles. The fraction of sp³-hybridized carbons (Fsp3) is 0.818. The zero-order valence-corrected chi connectivity index (χ0v) is 9.65. The van der Waals surface area contributed by atoms with Crippen LogP contribution >= 0.6 is 0 Å². The number of carboxylic acid groups (broad SMARTS) is 1. The molecule has 0 spiro atoms. The molecule has 0 radical (unpaired) electrons. The first-order valence-corrected chi connectivity index (χ1v) is 5.76. The van der Waals surface area contributed by atoms with Crippen molar-refractivity contribution < 1.29 is 19.4 Å². The maximum absolute atomic E-state index is 11.7. The van der Waals surface area contributed by atoms with Crippen LogP contribution in [-0.2, 0) is 14.3 Å². The van der Waals surface area contributed by atoms with E-state index in [1.807, 2.05) is 6.92 Å². The summed E-state index contributed by atoms with van der Waals surface area (Å²) in [4.78, 5) is 23.9. The Morgan fingerprint density at radius 3 is 2.88 bits per heavy atom. The quantitative estimate of drug-likeness (QED) is 0.686. The Labute approximate surface area is 95.4 Å². The minimum Gasteiger partial charge on any atom is -0.480 e. The molecule has 16 heavy (non-hydrogen) atoms. The molecular formula is C11H19NO4. The van der Waals surface area contributed by atoms with Crippen LogP contribution in [-0.4, -0.2) is 47.7 Å². The molecule has 5 heteroatoms. The Balaban J connectivity index is 2.32. The summed E-state index contributed by atoms with van der Waals surface area (Å²) < 4.78 is 5.19. The van der Waals surface area contributed by atoms with Crippen LogP contribution in [0, 0.1) is 0 Å². The number of amides is 1. The minimum absolute atomic E-state index is 0.00375. The lowest BCUT2D eigenvalue weighted by atomic mass is 10.2. The molecular weight excluding hydrogens is 210 g/mol. The predicted molar refractivity (Wildman–Crippen MR) is 58.1 cm³/mol. The molecule has 92 valence electrons. The number of unbranched alkanes of at least 4 members (excludes halogenated alkanes) is 1. The highest BCUT2D eigenvalue weighted by Crippen LogP contribution is 2.17. The summed E-state index contributed by atoms with van der Waals surface area (Å²) in [6, 6.07) is -0.651. The average Bonchev–Trinajstić information content (AvgIpc) is 2.73. The Kier molecular flexibility index (Phi) is 5.25. The lowest BCUT2D eigenvalue weighted by Gasteiger charge is -2.21. The topological polar surface area (TPSA) is 66.8 Å². The lowest BCUT2D eigenvalue weighted by molar-refractivity contribution is -0.150. The first-order valence-electron chi connectivity index (χ1n) is 5.76. The van der Waals surface area contributed by atoms with Gasteiger partial charge in [-0.15, -0.1) is 0 Å². The van der Waals surface area contributed by atoms with E-state index in [1.165, 1.54) is 4.90 Å². The summed E-state index contributed by atoms with van der Waals surface area (Å²) in [6.07, 6.45) is 3.26. The van der Waals surface area contributed by atoms with Gasteiger partial charge in [0.15, 0.2) is 0 Å². The third-order valence-corrected chi connectivity index (χ3v) is 2.73. The van der Waals surface area contributed by atoms with E-state index < -0.39 is 12.0 Å². The molecule has 1 aliphatic heterocycles. The van der Waals surface area contributed by atoms with Crippen molar-refractivity contribution >= 4 is 11.9 Å². The number of nitrogens with zero attached hydrogens (tertiary/aromatic N) is 1. The molecule has 0 aliphatic carbocycles. The molecule has 0 unspecified atom stereocenters. The second kappa shape index (κ2) is 6.48. The highest BCUT2D eigenvalue weighted by Gasteiger charge is 2.33. The van der Waals surface area contributed by atoms with Crippen molar-refractivity contribution in [2.24, 2.45) is 0 Å². The zero-order valence-electron chi connectivity index (χ0n) is 9.65. The van der Waals surface area contributed by atoms with Gasteiger partial charge in [0.1, 0.15) is 12.6 Å². The van der Waals surface area contributed by atoms with Crippen LogP contribution in [0.15, 0.2) is 0 Å². The highest BCUT2D eigenvalue weighted by atomic mass is 16.5. The van der Waals surface area contributed by atoms with E-state index in [9.17, 15) is 9.59 Å². The van der Waals surface area contributed by atoms with E-state index in [2.05, 4.69) is 0 Å². The van der Waals surface area contributed by atoms with Crippen LogP contribution in [0.2, 0.25) is 0 Å². The van der Waals surface area contributed by atoms with Crippen molar-refractivity contribution in [3.63, 3.8) is 0 Å². The van der Waals surface area contributed by atoms with Crippen molar-refractivity contribution in [3.05, 3.63) is 0 Å². The Bertz CT molecular complexity index is 254. The number of rotatable bonds is 6. The second-order valence-corrected chi connectivity index (χ2v) is 3.99. The SMILES string of the molecule is CCCCOCC(=O)N1CCC[C@@H]1C(=O)O. The van der Waals surface area contributed by atoms with Crippen molar-refractivity contribution in [1.82, 2.24) is 4.90 Å². The van der Waals surface area contributed by atoms with Gasteiger partial charge in [-0.25, -0.2) is 4.79 Å². The number of hydrogen-bond acceptors (Lipinski definition) is 3. The van der Waals surface area contributed by atoms with Crippen LogP contribution in [0.1, 0.15) is 32.6 Å². The van der Waals surface area contributed by atoms with Gasteiger partial charge in [0.2, 0.25) is 5.91 Å². The summed E-state index contributed by atoms with van der Waals surface area (Å²) >= 11 is 0. The number of carboxylic acids is 1. The summed E-state index contributed by atoms with van der Waals surface area (Å²) in [6.45, 7) is 3.15. The standard InChI is InChI=1S/C11H19NO4/c1-2-3-7-16-8-10(13)12-6-4-5-9(12)11(14)15/h9H,2-8H2,1H3,(H,14,15)/t9-/m1/s1. The molecule has 1 heterocycles. The monoisotopic (exact) mass is 229 g/mol. The smallest absolute Gasteiger partial charge is 0.326 e. The van der Waals surface area contributed by atoms with Gasteiger partial charge < -0.3 is 14.7 Å². The number of likely N-dealkylation sites (tertiary alicyclic amines) is 1. The number of ether oxygens (including phenoxy) is 1. The fourth-order valence-electron chi connectivity index (χ4n) is 1.81. The van der Waals surface area contributed by atoms with Gasteiger partial charge in [-0.1, -0.05) is 13.3 Å². The molecule has 0 bridgehead atoms. The molecule has 1 saturated heterocycles. The van der Waals surface area contributed by atoms with Crippen LogP contribution in [0.5, 0.6) is 0 Å². The summed E-state index contributed by atoms with van der Waals surface area (Å²) in [5.74, 6) is -1.12. The lowest BCUT2D eigenvalue weighted by Crippen LogP contribution is -2.42. The molecule has 1 atom stereocenters. The molecule has 0 aromatic rings. The van der Waals surface area contributed by atoms with Gasteiger partial charge in [0.05, 0.1) is 0 Å². The Morgan fingerprint density at radius 1 is 1.50 bits per heavy atom. The average molecular weight is 229 g/mol. The van der Waals surface area contributed by atoms with E-state index in [4.69, 9.17) is 9.84 Å². The van der Waals surface area contributed by atoms with Crippen molar-refractivity contribution in [1.29, 1.82) is 0 Å². The molecule has 1 amide bonds. The first-order chi connectivity index (χ1) is 7.66. The number of aliphatic carboxylic acids is 1. The zero-order chi connectivity index (χ0) is 12.0. The summed E-state index contributed by atoms with van der Waals surface area (Å²) in [5.41, 5.74) is 0. The molecule has 1 fully saturated rings. The largest absolute Gasteiger partial charge is 0.480 e. The van der Waals surface area contributed by atoms with E-state index >= 15 is 0 Å². The summed E-state index contributed by atoms with van der Waals surface area (Å²) in [5, 5.41) is 8.91. The van der Waals surface area contributed by atoms with E-state index in [1.54, 1.807) is 0 Å². The molecule has 5 nitrogen and oxygen atoms in total. The van der Waals surface area contributed by atoms with Gasteiger partial charge in [-0.2, -0.15) is 0 Å². The van der Waals surface area contributed by atoms with Gasteiger partial charge in [-0.05, 0) is 19.3 Å². The van der Waals surface area contributed by atoms with Gasteiger partial charge in [-0.3, -0.25) is 4.79 Å². The normalized spacial score (nSPS) is 20.1. The molecule has 1 N–H and O–H groups in total. The van der Waals surface area contributed by atoms with Gasteiger partial charge in [0, 0.05) is 13.2 Å². The Hall–Kier alpha value is -1.10. The van der Waals surface area contributed by atoms with E-state index in [-0.39, 0.29) is 12.5 Å². The fourth-order valence-corrected chi connectivity index (χ4v) is 1.81. The first kappa shape index (κ1) is 13.0. The van der Waals surface area contributed by atoms with E-state index in [0.717, 1.165) is 19.3 Å². The molecule has 1 aliphatic rings.